The van der Waals surface area contributed by atoms with Gasteiger partial charge in [0.15, 0.2) is 29.8 Å². The summed E-state index contributed by atoms with van der Waals surface area (Å²) in [4.78, 5) is 48.2. The number of oxime groups is 1. The summed E-state index contributed by atoms with van der Waals surface area (Å²) in [5.41, 5.74) is 6.31. The number of β-lactam (4-membered cyclic amide) rings is 1. The maximum Gasteiger partial charge on any atom is 0.352 e. The highest BCUT2D eigenvalue weighted by Gasteiger charge is 2.54. The fourth-order valence-electron chi connectivity index (χ4n) is 4.20. The molecule has 2 aliphatic heterocycles. The molecule has 0 radical (unpaired) electrons. The molecule has 13 heteroatoms. The number of carboxylic acid groups (broad SMARTS) is 1. The van der Waals surface area contributed by atoms with E-state index in [0.717, 1.165) is 22.1 Å². The zero-order chi connectivity index (χ0) is 25.4. The van der Waals surface area contributed by atoms with Crippen LogP contribution in [0.2, 0.25) is 0 Å². The lowest BCUT2D eigenvalue weighted by atomic mass is 10.0. The number of carbonyl (C=O) groups is 3. The van der Waals surface area contributed by atoms with E-state index < -0.39 is 29.2 Å². The van der Waals surface area contributed by atoms with Gasteiger partial charge in [-0.25, -0.2) is 14.3 Å². The molecule has 2 aromatic heterocycles. The number of hydrogen-bond acceptors (Lipinski definition) is 9. The van der Waals surface area contributed by atoms with Crippen LogP contribution in [0, 0.1) is 0 Å². The van der Waals surface area contributed by atoms with Crippen LogP contribution in [-0.4, -0.2) is 62.8 Å². The van der Waals surface area contributed by atoms with Crippen molar-refractivity contribution >= 4 is 62.5 Å². The van der Waals surface area contributed by atoms with Gasteiger partial charge in [-0.2, -0.15) is 0 Å². The molecule has 0 saturated carbocycles. The molecular formula is C23H21N6O5S2+. The number of hydrogen-bond donors (Lipinski definition) is 3. The van der Waals surface area contributed by atoms with E-state index in [4.69, 9.17) is 10.6 Å². The lowest BCUT2D eigenvalue weighted by molar-refractivity contribution is -0.687. The third kappa shape index (κ3) is 4.27. The fourth-order valence-corrected chi connectivity index (χ4v) is 6.09. The van der Waals surface area contributed by atoms with Crippen molar-refractivity contribution in [3.8, 4) is 0 Å². The van der Waals surface area contributed by atoms with Crippen LogP contribution in [0.4, 0.5) is 5.13 Å². The van der Waals surface area contributed by atoms with Crippen LogP contribution in [-0.2, 0) is 25.8 Å². The zero-order valence-electron chi connectivity index (χ0n) is 19.0. The predicted octanol–water partition coefficient (Wildman–Crippen LogP) is 0.955. The number of rotatable bonds is 7. The Labute approximate surface area is 213 Å². The van der Waals surface area contributed by atoms with Gasteiger partial charge in [-0.1, -0.05) is 23.4 Å². The first-order chi connectivity index (χ1) is 17.4. The normalized spacial score (nSPS) is 19.6. The Bertz CT molecular complexity index is 1450. The molecule has 4 heterocycles. The molecule has 0 aliphatic carbocycles. The summed E-state index contributed by atoms with van der Waals surface area (Å²) >= 11 is 2.53. The van der Waals surface area contributed by atoms with Gasteiger partial charge < -0.3 is 21.0 Å². The summed E-state index contributed by atoms with van der Waals surface area (Å²) in [7, 11) is 1.29. The molecule has 11 nitrogen and oxygen atoms in total. The number of thioether (sulfide) groups is 1. The average Bonchev–Trinajstić information content (AvgIpc) is 3.30. The largest absolute Gasteiger partial charge is 0.477 e. The van der Waals surface area contributed by atoms with E-state index in [2.05, 4.69) is 15.5 Å². The summed E-state index contributed by atoms with van der Waals surface area (Å²) < 4.78 is 1.90. The van der Waals surface area contributed by atoms with E-state index in [9.17, 15) is 19.5 Å². The van der Waals surface area contributed by atoms with Crippen LogP contribution in [0.15, 0.2) is 64.5 Å². The first-order valence-electron chi connectivity index (χ1n) is 10.8. The molecule has 0 bridgehead atoms. The molecule has 2 aliphatic rings. The summed E-state index contributed by atoms with van der Waals surface area (Å²) in [6.45, 7) is 0.322. The number of nitrogen functional groups attached to an aromatic ring is 1. The molecule has 0 spiro atoms. The lowest BCUT2D eigenvalue weighted by Gasteiger charge is -2.49. The molecule has 1 unspecified atom stereocenters. The summed E-state index contributed by atoms with van der Waals surface area (Å²) in [5.74, 6) is -1.97. The Hall–Kier alpha value is -3.97. The molecule has 1 saturated heterocycles. The predicted molar refractivity (Wildman–Crippen MR) is 134 cm³/mol. The maximum atomic E-state index is 13.0. The number of anilines is 1. The number of benzene rings is 1. The molecule has 3 aromatic rings. The number of nitrogens with two attached hydrogens (primary N) is 1. The number of carbonyl (C=O) groups excluding carboxylic acids is 2. The molecule has 5 rings (SSSR count). The zero-order valence-corrected chi connectivity index (χ0v) is 20.6. The van der Waals surface area contributed by atoms with Crippen LogP contribution in [0.5, 0.6) is 0 Å². The van der Waals surface area contributed by atoms with Crippen molar-refractivity contribution in [2.45, 2.75) is 18.0 Å². The van der Waals surface area contributed by atoms with E-state index >= 15 is 0 Å². The fraction of sp³-hybridized carbons (Fsp3) is 0.217. The van der Waals surface area contributed by atoms with Crippen molar-refractivity contribution in [2.75, 3.05) is 18.6 Å². The number of thiazole rings is 1. The smallest absolute Gasteiger partial charge is 0.352 e. The first-order valence-corrected chi connectivity index (χ1v) is 12.7. The van der Waals surface area contributed by atoms with E-state index in [1.807, 2.05) is 47.3 Å². The number of fused-ring (bicyclic) bond motifs is 2. The van der Waals surface area contributed by atoms with Crippen LogP contribution >= 0.6 is 23.1 Å². The SMILES string of the molecule is CO/N=C(\C(=O)NC1C(=O)N2C(C(=O)O)=C(C[n+]3ccc4ccccc4c3)CS[C@H]12)c1csc(N)n1. The lowest BCUT2D eigenvalue weighted by Crippen LogP contribution is -2.71. The van der Waals surface area contributed by atoms with Crippen molar-refractivity contribution in [3.63, 3.8) is 0 Å². The maximum absolute atomic E-state index is 13.0. The van der Waals surface area contributed by atoms with E-state index in [1.54, 1.807) is 5.38 Å². The third-order valence-corrected chi connectivity index (χ3v) is 7.83. The first kappa shape index (κ1) is 23.8. The molecule has 1 aromatic carbocycles. The van der Waals surface area contributed by atoms with E-state index in [1.165, 1.54) is 23.8 Å². The minimum atomic E-state index is -1.19. The summed E-state index contributed by atoms with van der Waals surface area (Å²) in [5, 5.41) is 19.7. The Morgan fingerprint density at radius 3 is 2.81 bits per heavy atom. The highest BCUT2D eigenvalue weighted by atomic mass is 32.2. The topological polar surface area (TPSA) is 151 Å². The molecule has 184 valence electrons. The number of amides is 2. The standard InChI is InChI=1S/C23H20N6O5S2/c1-34-27-16(15-11-36-23(24)25-15)19(30)26-17-20(31)29-18(22(32)33)14(10-35-21(17)29)9-28-7-6-12-4-2-3-5-13(12)8-28/h2-8,11,17,21H,9-10H2,1H3,(H3-,24,25,26,30,32,33)/p+1/b27-16-/t17?,21-/m1/s1. The minimum Gasteiger partial charge on any atom is -0.477 e. The highest BCUT2D eigenvalue weighted by Crippen LogP contribution is 2.40. The molecule has 1 fully saturated rings. The van der Waals surface area contributed by atoms with Crippen LogP contribution in [0.25, 0.3) is 10.8 Å². The van der Waals surface area contributed by atoms with Crippen molar-refractivity contribution < 1.29 is 28.9 Å². The van der Waals surface area contributed by atoms with Gasteiger partial charge in [-0.3, -0.25) is 14.5 Å². The molecule has 4 N–H and O–H groups in total. The number of nitrogens with one attached hydrogen (secondary N) is 1. The third-order valence-electron chi connectivity index (χ3n) is 5.82. The summed E-state index contributed by atoms with van der Waals surface area (Å²) in [6, 6.07) is 8.93. The van der Waals surface area contributed by atoms with Crippen LogP contribution in [0.3, 0.4) is 0 Å². The summed E-state index contributed by atoms with van der Waals surface area (Å²) in [6.07, 6.45) is 3.83. The Balaban J connectivity index is 1.36. The number of carboxylic acids is 1. The van der Waals surface area contributed by atoms with Crippen molar-refractivity contribution in [1.82, 2.24) is 15.2 Å². The minimum absolute atomic E-state index is 0.0482. The Morgan fingerprint density at radius 1 is 1.33 bits per heavy atom. The Kier molecular flexibility index (Phi) is 6.33. The molecule has 2 atom stereocenters. The second kappa shape index (κ2) is 9.59. The van der Waals surface area contributed by atoms with Gasteiger partial charge in [0.1, 0.15) is 29.9 Å². The average molecular weight is 526 g/mol. The van der Waals surface area contributed by atoms with Gasteiger partial charge in [-0.05, 0) is 11.5 Å². The van der Waals surface area contributed by atoms with Crippen molar-refractivity contribution in [1.29, 1.82) is 0 Å². The second-order valence-electron chi connectivity index (χ2n) is 8.06. The highest BCUT2D eigenvalue weighted by molar-refractivity contribution is 8.00. The van der Waals surface area contributed by atoms with E-state index in [-0.39, 0.29) is 22.2 Å². The van der Waals surface area contributed by atoms with Crippen LogP contribution in [0.1, 0.15) is 5.69 Å². The molecular weight excluding hydrogens is 504 g/mol. The quantitative estimate of drug-likeness (QED) is 0.179. The molecule has 2 amide bonds. The van der Waals surface area contributed by atoms with Gasteiger partial charge >= 0.3 is 5.97 Å². The van der Waals surface area contributed by atoms with Gasteiger partial charge in [0, 0.05) is 28.2 Å². The van der Waals surface area contributed by atoms with Gasteiger partial charge in [0.2, 0.25) is 0 Å². The van der Waals surface area contributed by atoms with Gasteiger partial charge in [-0.15, -0.1) is 23.1 Å². The van der Waals surface area contributed by atoms with Crippen LogP contribution < -0.4 is 15.6 Å². The van der Waals surface area contributed by atoms with Gasteiger partial charge in [0.05, 0.1) is 0 Å². The second-order valence-corrected chi connectivity index (χ2v) is 10.1. The number of pyridine rings is 1. The van der Waals surface area contributed by atoms with Crippen molar-refractivity contribution in [2.24, 2.45) is 5.16 Å². The van der Waals surface area contributed by atoms with Crippen molar-refractivity contribution in [3.05, 3.63) is 65.1 Å². The number of nitrogens with zero attached hydrogens (tertiary/aromatic N) is 4. The Morgan fingerprint density at radius 2 is 2.11 bits per heavy atom. The monoisotopic (exact) mass is 525 g/mol. The van der Waals surface area contributed by atoms with Gasteiger partial charge in [0.25, 0.3) is 11.8 Å². The number of aliphatic carboxylic acids is 1. The van der Waals surface area contributed by atoms with E-state index in [0.29, 0.717) is 17.9 Å². The molecule has 36 heavy (non-hydrogen) atoms. The number of aromatic nitrogens is 2.